The molecule has 2 heteroatoms. The maximum atomic E-state index is 11.1. The van der Waals surface area contributed by atoms with Gasteiger partial charge < -0.3 is 5.21 Å². The fourth-order valence-electron chi connectivity index (χ4n) is 1.76. The van der Waals surface area contributed by atoms with Crippen LogP contribution in [0.1, 0.15) is 45.1 Å². The van der Waals surface area contributed by atoms with Crippen molar-refractivity contribution in [2.24, 2.45) is 0 Å². The van der Waals surface area contributed by atoms with E-state index in [9.17, 15) is 5.21 Å². The third-order valence-electron chi connectivity index (χ3n) is 2.47. The molecule has 0 aliphatic heterocycles. The van der Waals surface area contributed by atoms with Gasteiger partial charge in [-0.1, -0.05) is 27.2 Å². The molecule has 1 unspecified atom stereocenters. The average Bonchev–Trinajstić information content (AvgIpc) is 2.13. The topological polar surface area (TPSA) is 26.9 Å². The van der Waals surface area contributed by atoms with Gasteiger partial charge in [0.2, 0.25) is 0 Å². The minimum atomic E-state index is 0.432. The Hall–Kier alpha value is -1.05. The Labute approximate surface area is 86.2 Å². The minimum Gasteiger partial charge on any atom is -0.619 e. The van der Waals surface area contributed by atoms with E-state index in [0.717, 1.165) is 23.1 Å². The van der Waals surface area contributed by atoms with Gasteiger partial charge in [-0.25, -0.2) is 0 Å². The van der Waals surface area contributed by atoms with Crippen LogP contribution in [0.2, 0.25) is 0 Å². The Morgan fingerprint density at radius 1 is 1.50 bits per heavy atom. The number of pyridine rings is 1. The summed E-state index contributed by atoms with van der Waals surface area (Å²) in [7, 11) is 0. The molecule has 14 heavy (non-hydrogen) atoms. The largest absolute Gasteiger partial charge is 0.619 e. The molecular weight excluding hydrogens is 174 g/mol. The van der Waals surface area contributed by atoms with Crippen molar-refractivity contribution in [3.8, 4) is 0 Å². The molecule has 1 aromatic rings. The molecule has 1 aromatic heterocycles. The fourth-order valence-corrected chi connectivity index (χ4v) is 1.76. The zero-order valence-corrected chi connectivity index (χ0v) is 9.16. The highest BCUT2D eigenvalue weighted by Crippen LogP contribution is 2.29. The molecule has 0 bridgehead atoms. The highest BCUT2D eigenvalue weighted by atomic mass is 16.5. The number of aromatic nitrogens is 1. The molecule has 77 valence electrons. The second-order valence-electron chi connectivity index (χ2n) is 3.92. The Morgan fingerprint density at radius 2 is 2.21 bits per heavy atom. The predicted molar refractivity (Wildman–Crippen MR) is 57.6 cm³/mol. The summed E-state index contributed by atoms with van der Waals surface area (Å²) in [6, 6.07) is 3.84. The van der Waals surface area contributed by atoms with Crippen LogP contribution in [0.15, 0.2) is 24.5 Å². The van der Waals surface area contributed by atoms with E-state index in [0.29, 0.717) is 5.92 Å². The van der Waals surface area contributed by atoms with Crippen molar-refractivity contribution in [3.63, 3.8) is 0 Å². The van der Waals surface area contributed by atoms with E-state index in [4.69, 9.17) is 0 Å². The zero-order chi connectivity index (χ0) is 10.6. The molecule has 0 aliphatic carbocycles. The van der Waals surface area contributed by atoms with Crippen LogP contribution in [0.25, 0.3) is 0 Å². The van der Waals surface area contributed by atoms with E-state index >= 15 is 0 Å². The molecule has 2 nitrogen and oxygen atoms in total. The summed E-state index contributed by atoms with van der Waals surface area (Å²) in [4.78, 5) is 0. The zero-order valence-electron chi connectivity index (χ0n) is 9.16. The van der Waals surface area contributed by atoms with E-state index in [1.807, 2.05) is 12.1 Å². The SMILES string of the molecule is CCCC([C](C)C)c1ccc[n+]([O-])c1. The number of nitrogens with zero attached hydrogens (tertiary/aromatic N) is 1. The lowest BCUT2D eigenvalue weighted by Crippen LogP contribution is -2.25. The van der Waals surface area contributed by atoms with Gasteiger partial charge in [0.05, 0.1) is 0 Å². The molecule has 1 radical (unpaired) electrons. The van der Waals surface area contributed by atoms with Crippen LogP contribution >= 0.6 is 0 Å². The van der Waals surface area contributed by atoms with Crippen LogP contribution in [-0.4, -0.2) is 0 Å². The lowest BCUT2D eigenvalue weighted by atomic mass is 9.86. The van der Waals surface area contributed by atoms with E-state index in [1.54, 1.807) is 6.20 Å². The average molecular weight is 192 g/mol. The number of hydrogen-bond acceptors (Lipinski definition) is 1. The lowest BCUT2D eigenvalue weighted by Gasteiger charge is -2.18. The molecule has 0 aliphatic rings. The first kappa shape index (κ1) is 11.0. The summed E-state index contributed by atoms with van der Waals surface area (Å²) >= 11 is 0. The van der Waals surface area contributed by atoms with Crippen LogP contribution in [0, 0.1) is 11.1 Å². The number of hydrogen-bond donors (Lipinski definition) is 0. The van der Waals surface area contributed by atoms with Gasteiger partial charge in [-0.3, -0.25) is 0 Å². The van der Waals surface area contributed by atoms with Gasteiger partial charge in [0.15, 0.2) is 12.4 Å². The van der Waals surface area contributed by atoms with Gasteiger partial charge in [-0.15, -0.1) is 0 Å². The molecule has 1 atom stereocenters. The van der Waals surface area contributed by atoms with Crippen molar-refractivity contribution < 1.29 is 4.73 Å². The molecule has 0 N–H and O–H groups in total. The van der Waals surface area contributed by atoms with Crippen LogP contribution < -0.4 is 4.73 Å². The van der Waals surface area contributed by atoms with E-state index in [-0.39, 0.29) is 0 Å². The molecular formula is C12H18NO. The molecule has 0 spiro atoms. The molecule has 0 fully saturated rings. The Balaban J connectivity index is 2.87. The summed E-state index contributed by atoms with van der Waals surface area (Å²) in [5.41, 5.74) is 1.13. The summed E-state index contributed by atoms with van der Waals surface area (Å²) < 4.78 is 0.876. The highest BCUT2D eigenvalue weighted by Gasteiger charge is 2.16. The molecule has 0 amide bonds. The van der Waals surface area contributed by atoms with Gasteiger partial charge in [0.1, 0.15) is 0 Å². The molecule has 1 rings (SSSR count). The minimum absolute atomic E-state index is 0.432. The van der Waals surface area contributed by atoms with E-state index in [2.05, 4.69) is 20.8 Å². The van der Waals surface area contributed by atoms with Gasteiger partial charge in [0.25, 0.3) is 0 Å². The first-order valence-electron chi connectivity index (χ1n) is 5.14. The first-order valence-corrected chi connectivity index (χ1v) is 5.14. The van der Waals surface area contributed by atoms with Gasteiger partial charge in [-0.05, 0) is 24.3 Å². The van der Waals surface area contributed by atoms with Crippen molar-refractivity contribution in [1.82, 2.24) is 0 Å². The molecule has 1 heterocycles. The second kappa shape index (κ2) is 4.99. The summed E-state index contributed by atoms with van der Waals surface area (Å²) in [5, 5.41) is 11.1. The number of rotatable bonds is 4. The maximum absolute atomic E-state index is 11.1. The monoisotopic (exact) mass is 192 g/mol. The van der Waals surface area contributed by atoms with Crippen molar-refractivity contribution in [3.05, 3.63) is 41.2 Å². The summed E-state index contributed by atoms with van der Waals surface area (Å²) in [5.74, 6) is 1.81. The van der Waals surface area contributed by atoms with Crippen LogP contribution in [0.5, 0.6) is 0 Å². The maximum Gasteiger partial charge on any atom is 0.183 e. The normalized spacial score (nSPS) is 13.1. The van der Waals surface area contributed by atoms with Crippen molar-refractivity contribution in [1.29, 1.82) is 0 Å². The molecule has 0 saturated carbocycles. The van der Waals surface area contributed by atoms with Crippen LogP contribution in [0.3, 0.4) is 0 Å². The first-order chi connectivity index (χ1) is 6.65. The van der Waals surface area contributed by atoms with Crippen molar-refractivity contribution in [2.45, 2.75) is 39.5 Å². The third-order valence-corrected chi connectivity index (χ3v) is 2.47. The highest BCUT2D eigenvalue weighted by molar-refractivity contribution is 5.19. The quantitative estimate of drug-likeness (QED) is 0.532. The lowest BCUT2D eigenvalue weighted by molar-refractivity contribution is -0.605. The van der Waals surface area contributed by atoms with Gasteiger partial charge in [-0.2, -0.15) is 4.73 Å². The van der Waals surface area contributed by atoms with Crippen molar-refractivity contribution in [2.75, 3.05) is 0 Å². The standard InChI is InChI=1S/C12H18NO/c1-4-6-12(10(2)3)11-7-5-8-13(14)9-11/h5,7-9,12H,4,6H2,1-3H3. The fraction of sp³-hybridized carbons (Fsp3) is 0.500. The smallest absolute Gasteiger partial charge is 0.183 e. The second-order valence-corrected chi connectivity index (χ2v) is 3.92. The predicted octanol–water partition coefficient (Wildman–Crippen LogP) is 2.82. The van der Waals surface area contributed by atoms with Gasteiger partial charge >= 0.3 is 0 Å². The third kappa shape index (κ3) is 2.72. The van der Waals surface area contributed by atoms with Crippen LogP contribution in [0.4, 0.5) is 0 Å². The van der Waals surface area contributed by atoms with Crippen molar-refractivity contribution >= 4 is 0 Å². The summed E-state index contributed by atoms with van der Waals surface area (Å²) in [6.07, 6.45) is 5.46. The molecule has 0 aromatic carbocycles. The molecule has 0 saturated heterocycles. The Morgan fingerprint density at radius 3 is 2.71 bits per heavy atom. The van der Waals surface area contributed by atoms with Crippen LogP contribution in [-0.2, 0) is 0 Å². The summed E-state index contributed by atoms with van der Waals surface area (Å²) in [6.45, 7) is 6.43. The van der Waals surface area contributed by atoms with Gasteiger partial charge in [0, 0.05) is 11.6 Å². The Kier molecular flexibility index (Phi) is 3.93. The Bertz CT molecular complexity index is 283. The van der Waals surface area contributed by atoms with E-state index in [1.165, 1.54) is 12.1 Å². The van der Waals surface area contributed by atoms with E-state index < -0.39 is 0 Å².